The van der Waals surface area contributed by atoms with Crippen LogP contribution < -0.4 is 9.80 Å². The van der Waals surface area contributed by atoms with Crippen LogP contribution in [-0.4, -0.2) is 68.1 Å². The predicted molar refractivity (Wildman–Crippen MR) is 161 cm³/mol. The smallest absolute Gasteiger partial charge is 0.254 e. The van der Waals surface area contributed by atoms with E-state index < -0.39 is 0 Å². The van der Waals surface area contributed by atoms with Crippen LogP contribution in [0, 0.1) is 48.3 Å². The minimum absolute atomic E-state index is 0.0991. The molecule has 3 aliphatic heterocycles. The summed E-state index contributed by atoms with van der Waals surface area (Å²) in [4.78, 5) is 22.8. The summed E-state index contributed by atoms with van der Waals surface area (Å²) in [7, 11) is 0. The number of carbonyl (C=O) groups excluding carboxylic acids is 1. The molecule has 0 aromatic heterocycles. The lowest BCUT2D eigenvalue weighted by molar-refractivity contribution is 0.0746. The van der Waals surface area contributed by atoms with Crippen molar-refractivity contribution in [2.45, 2.75) is 20.4 Å². The van der Waals surface area contributed by atoms with Crippen molar-refractivity contribution in [3.8, 4) is 12.1 Å². The number of hydrogen-bond acceptors (Lipinski definition) is 6. The second-order valence-corrected chi connectivity index (χ2v) is 11.7. The Labute approximate surface area is 242 Å². The zero-order valence-electron chi connectivity index (χ0n) is 23.9. The summed E-state index contributed by atoms with van der Waals surface area (Å²) in [6, 6.07) is 24.5. The van der Waals surface area contributed by atoms with Gasteiger partial charge in [-0.15, -0.1) is 0 Å². The van der Waals surface area contributed by atoms with Crippen molar-refractivity contribution in [3.63, 3.8) is 0 Å². The topological polar surface area (TPSA) is 77.6 Å². The number of aryl methyl sites for hydroxylation is 2. The van der Waals surface area contributed by atoms with Crippen molar-refractivity contribution >= 4 is 17.3 Å². The monoisotopic (exact) mass is 544 g/mol. The molecule has 1 amide bonds. The SMILES string of the molecule is Cc1cc(C)c(C(=O)N2CCN(c3ccccc3C#N)CC2)cc1CN1CC2CN(c3ccccc3C#N)CC2C1. The van der Waals surface area contributed by atoms with Gasteiger partial charge in [-0.2, -0.15) is 10.5 Å². The highest BCUT2D eigenvalue weighted by Crippen LogP contribution is 2.36. The number of piperazine rings is 1. The molecule has 2 unspecified atom stereocenters. The Bertz CT molecular complexity index is 1530. The third-order valence-corrected chi connectivity index (χ3v) is 9.17. The number of fused-ring (bicyclic) bond motifs is 1. The van der Waals surface area contributed by atoms with Gasteiger partial charge in [0.05, 0.1) is 22.5 Å². The van der Waals surface area contributed by atoms with E-state index in [0.29, 0.717) is 43.6 Å². The Morgan fingerprint density at radius 2 is 1.32 bits per heavy atom. The molecule has 6 rings (SSSR count). The van der Waals surface area contributed by atoms with Gasteiger partial charge in [-0.1, -0.05) is 30.3 Å². The van der Waals surface area contributed by atoms with Gasteiger partial charge < -0.3 is 14.7 Å². The lowest BCUT2D eigenvalue weighted by atomic mass is 9.98. The first-order chi connectivity index (χ1) is 19.9. The number of benzene rings is 3. The summed E-state index contributed by atoms with van der Waals surface area (Å²) in [6.45, 7) is 11.8. The van der Waals surface area contributed by atoms with E-state index in [9.17, 15) is 15.3 Å². The lowest BCUT2D eigenvalue weighted by Gasteiger charge is -2.36. The Kier molecular flexibility index (Phi) is 7.39. The largest absolute Gasteiger partial charge is 0.370 e. The van der Waals surface area contributed by atoms with Crippen molar-refractivity contribution in [2.75, 3.05) is 62.2 Å². The molecule has 0 aliphatic carbocycles. The highest BCUT2D eigenvalue weighted by Gasteiger charge is 2.40. The van der Waals surface area contributed by atoms with Gasteiger partial charge in [-0.05, 0) is 72.7 Å². The zero-order valence-corrected chi connectivity index (χ0v) is 23.9. The molecule has 0 bridgehead atoms. The summed E-state index contributed by atoms with van der Waals surface area (Å²) in [6.07, 6.45) is 0. The maximum Gasteiger partial charge on any atom is 0.254 e. The highest BCUT2D eigenvalue weighted by atomic mass is 16.2. The van der Waals surface area contributed by atoms with Gasteiger partial charge >= 0.3 is 0 Å². The summed E-state index contributed by atoms with van der Waals surface area (Å²) in [5.74, 6) is 1.29. The van der Waals surface area contributed by atoms with Crippen LogP contribution in [0.2, 0.25) is 0 Å². The number of likely N-dealkylation sites (tertiary alicyclic amines) is 1. The van der Waals surface area contributed by atoms with E-state index in [1.165, 1.54) is 11.1 Å². The first-order valence-electron chi connectivity index (χ1n) is 14.5. The molecule has 2 atom stereocenters. The Balaban J connectivity index is 1.09. The molecule has 208 valence electrons. The van der Waals surface area contributed by atoms with Crippen LogP contribution in [0.5, 0.6) is 0 Å². The molecular formula is C34H36N6O. The maximum atomic E-state index is 13.7. The molecule has 0 radical (unpaired) electrons. The van der Waals surface area contributed by atoms with Gasteiger partial charge in [-0.25, -0.2) is 0 Å². The molecule has 3 aromatic rings. The second-order valence-electron chi connectivity index (χ2n) is 11.7. The van der Waals surface area contributed by atoms with Crippen LogP contribution in [0.3, 0.4) is 0 Å². The number of anilines is 2. The van der Waals surface area contributed by atoms with Gasteiger partial charge in [0.2, 0.25) is 0 Å². The fourth-order valence-electron chi connectivity index (χ4n) is 6.96. The van der Waals surface area contributed by atoms with Crippen LogP contribution in [0.15, 0.2) is 60.7 Å². The minimum Gasteiger partial charge on any atom is -0.370 e. The molecule has 3 fully saturated rings. The third kappa shape index (κ3) is 5.26. The zero-order chi connectivity index (χ0) is 28.5. The van der Waals surface area contributed by atoms with E-state index in [4.69, 9.17) is 0 Å². The van der Waals surface area contributed by atoms with E-state index in [-0.39, 0.29) is 5.91 Å². The van der Waals surface area contributed by atoms with E-state index in [2.05, 4.69) is 52.0 Å². The molecule has 3 aromatic carbocycles. The maximum absolute atomic E-state index is 13.7. The van der Waals surface area contributed by atoms with Crippen LogP contribution in [0.1, 0.15) is 38.2 Å². The van der Waals surface area contributed by atoms with Crippen LogP contribution in [0.4, 0.5) is 11.4 Å². The van der Waals surface area contributed by atoms with Crippen molar-refractivity contribution in [1.82, 2.24) is 9.80 Å². The molecule has 3 saturated heterocycles. The van der Waals surface area contributed by atoms with Crippen molar-refractivity contribution in [3.05, 3.63) is 94.0 Å². The Morgan fingerprint density at radius 3 is 1.90 bits per heavy atom. The van der Waals surface area contributed by atoms with E-state index in [1.807, 2.05) is 54.3 Å². The normalized spacial score (nSPS) is 20.5. The molecule has 0 N–H and O–H groups in total. The number of amides is 1. The molecule has 3 aliphatic rings. The number of nitrogens with zero attached hydrogens (tertiary/aromatic N) is 6. The average molecular weight is 545 g/mol. The lowest BCUT2D eigenvalue weighted by Crippen LogP contribution is -2.49. The number of rotatable bonds is 5. The number of carbonyl (C=O) groups is 1. The molecule has 41 heavy (non-hydrogen) atoms. The third-order valence-electron chi connectivity index (χ3n) is 9.17. The summed E-state index contributed by atoms with van der Waals surface area (Å²) < 4.78 is 0. The van der Waals surface area contributed by atoms with Gasteiger partial charge in [0.25, 0.3) is 5.91 Å². The minimum atomic E-state index is 0.0991. The van der Waals surface area contributed by atoms with Crippen molar-refractivity contribution in [2.24, 2.45) is 11.8 Å². The summed E-state index contributed by atoms with van der Waals surface area (Å²) >= 11 is 0. The van der Waals surface area contributed by atoms with Gasteiger partial charge in [0.1, 0.15) is 12.1 Å². The van der Waals surface area contributed by atoms with Crippen molar-refractivity contribution in [1.29, 1.82) is 10.5 Å². The van der Waals surface area contributed by atoms with Crippen LogP contribution >= 0.6 is 0 Å². The molecular weight excluding hydrogens is 508 g/mol. The summed E-state index contributed by atoms with van der Waals surface area (Å²) in [5, 5.41) is 19.0. The van der Waals surface area contributed by atoms with E-state index >= 15 is 0 Å². The Hall–Kier alpha value is -4.33. The van der Waals surface area contributed by atoms with Crippen molar-refractivity contribution < 1.29 is 4.79 Å². The van der Waals surface area contributed by atoms with E-state index in [1.54, 1.807) is 0 Å². The number of para-hydroxylation sites is 2. The molecule has 3 heterocycles. The number of hydrogen-bond donors (Lipinski definition) is 0. The van der Waals surface area contributed by atoms with Gasteiger partial charge in [-0.3, -0.25) is 9.69 Å². The molecule has 7 nitrogen and oxygen atoms in total. The van der Waals surface area contributed by atoms with Crippen LogP contribution in [0.25, 0.3) is 0 Å². The second kappa shape index (κ2) is 11.3. The number of nitriles is 2. The first kappa shape index (κ1) is 26.9. The highest BCUT2D eigenvalue weighted by molar-refractivity contribution is 5.96. The first-order valence-corrected chi connectivity index (χ1v) is 14.5. The molecule has 7 heteroatoms. The van der Waals surface area contributed by atoms with E-state index in [0.717, 1.165) is 60.8 Å². The quantitative estimate of drug-likeness (QED) is 0.468. The fourth-order valence-corrected chi connectivity index (χ4v) is 6.96. The van der Waals surface area contributed by atoms with Gasteiger partial charge in [0.15, 0.2) is 0 Å². The Morgan fingerprint density at radius 1 is 0.756 bits per heavy atom. The molecule has 0 spiro atoms. The standard InChI is InChI=1S/C34H36N6O/c1-24-15-25(2)31(34(41)39-13-11-38(12-14-39)32-9-5-3-7-26(32)17-35)16-28(24)19-37-20-29-22-40(23-30(29)21-37)33-10-6-4-8-27(33)18-36/h3-10,15-16,29-30H,11-14,19-23H2,1-2H3. The van der Waals surface area contributed by atoms with Crippen LogP contribution in [-0.2, 0) is 6.54 Å². The average Bonchev–Trinajstić information content (AvgIpc) is 3.57. The fraction of sp³-hybridized carbons (Fsp3) is 0.382. The molecule has 0 saturated carbocycles. The van der Waals surface area contributed by atoms with Gasteiger partial charge in [0, 0.05) is 64.5 Å². The summed E-state index contributed by atoms with van der Waals surface area (Å²) in [5.41, 5.74) is 7.73. The predicted octanol–water partition coefficient (Wildman–Crippen LogP) is 4.58.